The molecule has 0 amide bonds. The van der Waals surface area contributed by atoms with Crippen LogP contribution in [0.25, 0.3) is 0 Å². The minimum absolute atomic E-state index is 0. The van der Waals surface area contributed by atoms with Gasteiger partial charge in [0.25, 0.3) is 0 Å². The number of hydrogen-bond donors (Lipinski definition) is 0. The number of hydrogen-bond acceptors (Lipinski definition) is 0. The van der Waals surface area contributed by atoms with Crippen LogP contribution in [0.3, 0.4) is 0 Å². The number of rotatable bonds is 0. The molecule has 0 aliphatic heterocycles. The van der Waals surface area contributed by atoms with Crippen LogP contribution in [0.2, 0.25) is 0 Å². The molecule has 2 aliphatic rings. The Labute approximate surface area is 109 Å². The molecule has 0 saturated heterocycles. The SMILES string of the molecule is C1CCCC1.CC1CCCC1C.[CH3-].[CH3-].[Fe+2]. The minimum atomic E-state index is 0. The Bertz CT molecular complexity index is 92.3. The van der Waals surface area contributed by atoms with Crippen LogP contribution in [0.1, 0.15) is 65.2 Å². The average Bonchev–Trinajstić information content (AvgIpc) is 2.67. The summed E-state index contributed by atoms with van der Waals surface area (Å²) in [4.78, 5) is 0. The van der Waals surface area contributed by atoms with E-state index in [0.29, 0.717) is 0 Å². The van der Waals surface area contributed by atoms with Gasteiger partial charge in [-0.1, -0.05) is 65.2 Å². The summed E-state index contributed by atoms with van der Waals surface area (Å²) in [7, 11) is 0. The summed E-state index contributed by atoms with van der Waals surface area (Å²) in [6.45, 7) is 4.72. The fourth-order valence-electron chi connectivity index (χ4n) is 2.21. The fraction of sp³-hybridized carbons (Fsp3) is 0.857. The molecule has 2 unspecified atom stereocenters. The van der Waals surface area contributed by atoms with Crippen molar-refractivity contribution in [2.45, 2.75) is 65.2 Å². The van der Waals surface area contributed by atoms with Gasteiger partial charge in [0.05, 0.1) is 0 Å². The second kappa shape index (κ2) is 12.6. The maximum Gasteiger partial charge on any atom is 2.00 e. The molecule has 94 valence electrons. The van der Waals surface area contributed by atoms with E-state index in [1.165, 1.54) is 51.4 Å². The molecule has 1 heteroatoms. The van der Waals surface area contributed by atoms with Crippen LogP contribution < -0.4 is 0 Å². The van der Waals surface area contributed by atoms with E-state index in [0.717, 1.165) is 11.8 Å². The molecular formula is C14H30Fe. The largest absolute Gasteiger partial charge is 2.00 e. The standard InChI is InChI=1S/C7H14.C5H10.2CH3.Fe/c1-6-4-3-5-7(6)2;1-2-4-5-3-1;;;/h6-7H,3-5H2,1-2H3;1-5H2;2*1H3;/q;;2*-1;+2. The molecule has 0 radical (unpaired) electrons. The molecule has 2 fully saturated rings. The van der Waals surface area contributed by atoms with Crippen molar-refractivity contribution in [2.75, 3.05) is 0 Å². The Morgan fingerprint density at radius 2 is 0.867 bits per heavy atom. The molecule has 0 N–H and O–H groups in total. The second-order valence-corrected chi connectivity index (χ2v) is 4.65. The molecule has 0 spiro atoms. The normalized spacial score (nSPS) is 27.6. The van der Waals surface area contributed by atoms with E-state index >= 15 is 0 Å². The monoisotopic (exact) mass is 254 g/mol. The molecule has 2 rings (SSSR count). The minimum Gasteiger partial charge on any atom is -0.358 e. The molecule has 0 aromatic rings. The van der Waals surface area contributed by atoms with Gasteiger partial charge in [-0.15, -0.1) is 0 Å². The zero-order valence-corrected chi connectivity index (χ0v) is 12.3. The smallest absolute Gasteiger partial charge is 0.358 e. The zero-order chi connectivity index (χ0) is 8.81. The van der Waals surface area contributed by atoms with Gasteiger partial charge in [-0.05, 0) is 11.8 Å². The van der Waals surface area contributed by atoms with Crippen molar-refractivity contribution in [3.63, 3.8) is 0 Å². The average molecular weight is 254 g/mol. The third-order valence-corrected chi connectivity index (χ3v) is 3.54. The Kier molecular flexibility index (Phi) is 17.5. The predicted molar refractivity (Wildman–Crippen MR) is 68.1 cm³/mol. The van der Waals surface area contributed by atoms with Gasteiger partial charge in [-0.3, -0.25) is 0 Å². The topological polar surface area (TPSA) is 0 Å². The molecule has 0 nitrogen and oxygen atoms in total. The summed E-state index contributed by atoms with van der Waals surface area (Å²) < 4.78 is 0. The molecule has 0 heterocycles. The van der Waals surface area contributed by atoms with Gasteiger partial charge in [0.1, 0.15) is 0 Å². The van der Waals surface area contributed by atoms with Gasteiger partial charge < -0.3 is 14.9 Å². The van der Waals surface area contributed by atoms with Crippen molar-refractivity contribution in [1.29, 1.82) is 0 Å². The van der Waals surface area contributed by atoms with Crippen molar-refractivity contribution in [2.24, 2.45) is 11.8 Å². The quantitative estimate of drug-likeness (QED) is 0.407. The third kappa shape index (κ3) is 9.45. The summed E-state index contributed by atoms with van der Waals surface area (Å²) in [5.74, 6) is 2.03. The van der Waals surface area contributed by atoms with Crippen molar-refractivity contribution in [1.82, 2.24) is 0 Å². The Balaban J connectivity index is -0.000000165. The van der Waals surface area contributed by atoms with Crippen molar-refractivity contribution in [3.05, 3.63) is 14.9 Å². The van der Waals surface area contributed by atoms with E-state index in [9.17, 15) is 0 Å². The van der Waals surface area contributed by atoms with E-state index in [4.69, 9.17) is 0 Å². The maximum absolute atomic E-state index is 2.36. The van der Waals surface area contributed by atoms with E-state index in [1.54, 1.807) is 0 Å². The third-order valence-electron chi connectivity index (χ3n) is 3.54. The summed E-state index contributed by atoms with van der Waals surface area (Å²) in [5, 5.41) is 0. The molecule has 2 aliphatic carbocycles. The molecule has 0 aromatic carbocycles. The van der Waals surface area contributed by atoms with Crippen molar-refractivity contribution >= 4 is 0 Å². The van der Waals surface area contributed by atoms with Gasteiger partial charge in [0.2, 0.25) is 0 Å². The first-order valence-corrected chi connectivity index (χ1v) is 5.80. The zero-order valence-electron chi connectivity index (χ0n) is 11.2. The van der Waals surface area contributed by atoms with Gasteiger partial charge in [-0.25, -0.2) is 0 Å². The van der Waals surface area contributed by atoms with Crippen molar-refractivity contribution < 1.29 is 17.1 Å². The van der Waals surface area contributed by atoms with Gasteiger partial charge in [0, 0.05) is 0 Å². The Hall–Kier alpha value is 0.519. The van der Waals surface area contributed by atoms with Crippen LogP contribution in [0.5, 0.6) is 0 Å². The second-order valence-electron chi connectivity index (χ2n) is 4.65. The molecule has 2 atom stereocenters. The predicted octanol–water partition coefficient (Wildman–Crippen LogP) is 5.29. The van der Waals surface area contributed by atoms with Crippen LogP contribution in [-0.2, 0) is 17.1 Å². The van der Waals surface area contributed by atoms with Gasteiger partial charge >= 0.3 is 17.1 Å². The molecule has 2 saturated carbocycles. The van der Waals surface area contributed by atoms with Crippen LogP contribution >= 0.6 is 0 Å². The molecule has 15 heavy (non-hydrogen) atoms. The van der Waals surface area contributed by atoms with Crippen LogP contribution in [-0.4, -0.2) is 0 Å². The van der Waals surface area contributed by atoms with Crippen molar-refractivity contribution in [3.8, 4) is 0 Å². The Morgan fingerprint density at radius 1 is 0.600 bits per heavy atom. The summed E-state index contributed by atoms with van der Waals surface area (Å²) in [6.07, 6.45) is 11.9. The Morgan fingerprint density at radius 3 is 1.00 bits per heavy atom. The first-order chi connectivity index (χ1) is 5.80. The summed E-state index contributed by atoms with van der Waals surface area (Å²) >= 11 is 0. The van der Waals surface area contributed by atoms with Gasteiger partial charge in [-0.2, -0.15) is 0 Å². The molecule has 0 aromatic heterocycles. The van der Waals surface area contributed by atoms with E-state index in [1.807, 2.05) is 0 Å². The van der Waals surface area contributed by atoms with Crippen LogP contribution in [0.4, 0.5) is 0 Å². The van der Waals surface area contributed by atoms with Gasteiger partial charge in [0.15, 0.2) is 0 Å². The summed E-state index contributed by atoms with van der Waals surface area (Å²) in [5.41, 5.74) is 0. The van der Waals surface area contributed by atoms with E-state index in [-0.39, 0.29) is 31.9 Å². The maximum atomic E-state index is 2.36. The van der Waals surface area contributed by atoms with E-state index in [2.05, 4.69) is 13.8 Å². The first-order valence-electron chi connectivity index (χ1n) is 5.80. The van der Waals surface area contributed by atoms with E-state index < -0.39 is 0 Å². The molecular weight excluding hydrogens is 224 g/mol. The summed E-state index contributed by atoms with van der Waals surface area (Å²) in [6, 6.07) is 0. The van der Waals surface area contributed by atoms with Crippen LogP contribution in [0.15, 0.2) is 0 Å². The fourth-order valence-corrected chi connectivity index (χ4v) is 2.21. The molecule has 0 bridgehead atoms. The van der Waals surface area contributed by atoms with Crippen LogP contribution in [0, 0.1) is 26.7 Å². The first kappa shape index (κ1) is 20.9.